The monoisotopic (exact) mass is 334 g/mol. The van der Waals surface area contributed by atoms with Crippen molar-refractivity contribution in [1.29, 1.82) is 0 Å². The maximum Gasteiger partial charge on any atom is 0.317 e. The van der Waals surface area contributed by atoms with Crippen molar-refractivity contribution in [2.24, 2.45) is 5.92 Å². The van der Waals surface area contributed by atoms with Gasteiger partial charge >= 0.3 is 5.97 Å². The lowest BCUT2D eigenvalue weighted by atomic mass is 9.99. The van der Waals surface area contributed by atoms with Gasteiger partial charge in [-0.05, 0) is 12.3 Å². The number of rotatable bonds is 13. The topological polar surface area (TPSA) is 37.3 Å². The summed E-state index contributed by atoms with van der Waals surface area (Å²) in [6.07, 6.45) is 14.3. The summed E-state index contributed by atoms with van der Waals surface area (Å²) in [5.41, 5.74) is 0. The molecule has 0 fully saturated rings. The van der Waals surface area contributed by atoms with E-state index in [0.29, 0.717) is 0 Å². The lowest BCUT2D eigenvalue weighted by Crippen LogP contribution is -2.21. The molecule has 19 heavy (non-hydrogen) atoms. The third-order valence-corrected chi connectivity index (χ3v) is 5.04. The molecule has 114 valence electrons. The van der Waals surface area contributed by atoms with Crippen molar-refractivity contribution in [2.75, 3.05) is 0 Å². The van der Waals surface area contributed by atoms with Gasteiger partial charge in [-0.3, -0.25) is 4.79 Å². The van der Waals surface area contributed by atoms with Gasteiger partial charge in [0, 0.05) is 0 Å². The van der Waals surface area contributed by atoms with Crippen molar-refractivity contribution in [1.82, 2.24) is 0 Å². The minimum Gasteiger partial charge on any atom is -0.480 e. The van der Waals surface area contributed by atoms with Gasteiger partial charge in [0.2, 0.25) is 0 Å². The van der Waals surface area contributed by atoms with E-state index in [1.807, 2.05) is 6.92 Å². The van der Waals surface area contributed by atoms with E-state index in [1.54, 1.807) is 0 Å². The molecule has 0 aromatic heterocycles. The summed E-state index contributed by atoms with van der Waals surface area (Å²) in [5, 5.41) is 8.87. The first kappa shape index (κ1) is 18.9. The number of halogens is 1. The van der Waals surface area contributed by atoms with Gasteiger partial charge in [0.05, 0.1) is 0 Å². The van der Waals surface area contributed by atoms with Crippen LogP contribution in [0, 0.1) is 5.92 Å². The molecule has 2 atom stereocenters. The van der Waals surface area contributed by atoms with E-state index < -0.39 is 5.97 Å². The molecule has 0 aromatic rings. The smallest absolute Gasteiger partial charge is 0.317 e. The molecule has 3 heteroatoms. The van der Waals surface area contributed by atoms with Crippen molar-refractivity contribution in [2.45, 2.75) is 89.3 Å². The third-order valence-electron chi connectivity index (χ3n) is 3.75. The van der Waals surface area contributed by atoms with E-state index in [1.165, 1.54) is 57.8 Å². The first-order valence-electron chi connectivity index (χ1n) is 7.96. The van der Waals surface area contributed by atoms with Gasteiger partial charge in [-0.2, -0.15) is 0 Å². The van der Waals surface area contributed by atoms with Crippen molar-refractivity contribution < 1.29 is 9.90 Å². The molecule has 0 saturated heterocycles. The highest BCUT2D eigenvalue weighted by Gasteiger charge is 2.20. The van der Waals surface area contributed by atoms with E-state index in [2.05, 4.69) is 22.9 Å². The van der Waals surface area contributed by atoms with Gasteiger partial charge in [0.25, 0.3) is 0 Å². The fraction of sp³-hybridized carbons (Fsp3) is 0.938. The van der Waals surface area contributed by atoms with Gasteiger partial charge in [-0.25, -0.2) is 0 Å². The molecule has 2 unspecified atom stereocenters. The molecule has 1 N–H and O–H groups in total. The Morgan fingerprint density at radius 1 is 0.947 bits per heavy atom. The van der Waals surface area contributed by atoms with Crippen LogP contribution in [0.15, 0.2) is 0 Å². The fourth-order valence-electron chi connectivity index (χ4n) is 2.34. The molecule has 2 nitrogen and oxygen atoms in total. The van der Waals surface area contributed by atoms with Crippen LogP contribution in [-0.2, 0) is 4.79 Å². The number of carbonyl (C=O) groups is 1. The summed E-state index contributed by atoms with van der Waals surface area (Å²) in [6, 6.07) is 0. The van der Waals surface area contributed by atoms with Crippen molar-refractivity contribution in [3.05, 3.63) is 0 Å². The van der Waals surface area contributed by atoms with Crippen LogP contribution < -0.4 is 0 Å². The molecule has 0 aliphatic heterocycles. The quantitative estimate of drug-likeness (QED) is 0.342. The lowest BCUT2D eigenvalue weighted by molar-refractivity contribution is -0.137. The molecule has 0 radical (unpaired) electrons. The van der Waals surface area contributed by atoms with Crippen LogP contribution in [-0.4, -0.2) is 15.9 Å². The minimum absolute atomic E-state index is 0.228. The molecule has 0 spiro atoms. The molecule has 0 saturated carbocycles. The van der Waals surface area contributed by atoms with Crippen LogP contribution >= 0.6 is 15.9 Å². The molecular weight excluding hydrogens is 304 g/mol. The number of carboxylic acid groups (broad SMARTS) is 1. The van der Waals surface area contributed by atoms with Gasteiger partial charge in [-0.15, -0.1) is 0 Å². The van der Waals surface area contributed by atoms with E-state index in [0.717, 1.165) is 12.8 Å². The number of carboxylic acids is 1. The van der Waals surface area contributed by atoms with E-state index in [-0.39, 0.29) is 10.7 Å². The average molecular weight is 335 g/mol. The van der Waals surface area contributed by atoms with E-state index in [4.69, 9.17) is 5.11 Å². The maximum atomic E-state index is 10.8. The Kier molecular flexibility index (Phi) is 12.9. The van der Waals surface area contributed by atoms with Crippen molar-refractivity contribution in [3.8, 4) is 0 Å². The Balaban J connectivity index is 3.25. The summed E-state index contributed by atoms with van der Waals surface area (Å²) >= 11 is 3.23. The van der Waals surface area contributed by atoms with E-state index in [9.17, 15) is 4.79 Å². The van der Waals surface area contributed by atoms with Gasteiger partial charge in [0.1, 0.15) is 4.83 Å². The predicted molar refractivity (Wildman–Crippen MR) is 86.0 cm³/mol. The number of alkyl halides is 1. The summed E-state index contributed by atoms with van der Waals surface area (Å²) in [6.45, 7) is 4.27. The zero-order chi connectivity index (χ0) is 14.5. The predicted octanol–water partition coefficient (Wildman–Crippen LogP) is 5.78. The zero-order valence-corrected chi connectivity index (χ0v) is 14.3. The Morgan fingerprint density at radius 3 is 1.79 bits per heavy atom. The molecule has 0 aliphatic carbocycles. The van der Waals surface area contributed by atoms with Crippen molar-refractivity contribution >= 4 is 21.9 Å². The number of hydrogen-bond donors (Lipinski definition) is 1. The van der Waals surface area contributed by atoms with Crippen LogP contribution in [0.3, 0.4) is 0 Å². The number of hydrogen-bond acceptors (Lipinski definition) is 1. The number of aliphatic carboxylic acids is 1. The standard InChI is InChI=1S/C16H31BrO2/c1-3-4-5-6-7-8-9-10-11-12-13-14(2)15(17)16(18)19/h14-15H,3-13H2,1-2H3,(H,18,19). The minimum atomic E-state index is -0.737. The summed E-state index contributed by atoms with van der Waals surface area (Å²) in [7, 11) is 0. The summed E-state index contributed by atoms with van der Waals surface area (Å²) in [4.78, 5) is 10.4. The first-order valence-corrected chi connectivity index (χ1v) is 8.88. The average Bonchev–Trinajstić information content (AvgIpc) is 2.39. The van der Waals surface area contributed by atoms with Crippen LogP contribution in [0.5, 0.6) is 0 Å². The zero-order valence-electron chi connectivity index (χ0n) is 12.7. The highest BCUT2D eigenvalue weighted by molar-refractivity contribution is 9.10. The Morgan fingerprint density at radius 2 is 1.37 bits per heavy atom. The second kappa shape index (κ2) is 13.0. The molecule has 0 amide bonds. The van der Waals surface area contributed by atoms with Gasteiger partial charge in [-0.1, -0.05) is 94.0 Å². The normalized spacial score (nSPS) is 14.3. The summed E-state index contributed by atoms with van der Waals surface area (Å²) in [5.74, 6) is -0.508. The van der Waals surface area contributed by atoms with Crippen LogP contribution in [0.2, 0.25) is 0 Å². The summed E-state index contributed by atoms with van der Waals surface area (Å²) < 4.78 is 0. The van der Waals surface area contributed by atoms with Gasteiger partial charge < -0.3 is 5.11 Å². The van der Waals surface area contributed by atoms with Crippen LogP contribution in [0.25, 0.3) is 0 Å². The van der Waals surface area contributed by atoms with E-state index >= 15 is 0 Å². The fourth-order valence-corrected chi connectivity index (χ4v) is 2.61. The third kappa shape index (κ3) is 11.5. The van der Waals surface area contributed by atoms with Gasteiger partial charge in [0.15, 0.2) is 0 Å². The molecule has 0 aliphatic rings. The Bertz CT molecular complexity index is 219. The molecule has 0 heterocycles. The molecule has 0 bridgehead atoms. The molecular formula is C16H31BrO2. The highest BCUT2D eigenvalue weighted by Crippen LogP contribution is 2.20. The largest absolute Gasteiger partial charge is 0.480 e. The number of unbranched alkanes of at least 4 members (excludes halogenated alkanes) is 9. The Labute approximate surface area is 127 Å². The Hall–Kier alpha value is -0.0500. The van der Waals surface area contributed by atoms with Crippen LogP contribution in [0.1, 0.15) is 84.5 Å². The molecule has 0 rings (SSSR count). The first-order chi connectivity index (χ1) is 9.09. The molecule has 0 aromatic carbocycles. The second-order valence-electron chi connectivity index (χ2n) is 5.69. The SMILES string of the molecule is CCCCCCCCCCCCC(C)C(Br)C(=O)O. The van der Waals surface area contributed by atoms with Crippen molar-refractivity contribution in [3.63, 3.8) is 0 Å². The lowest BCUT2D eigenvalue weighted by Gasteiger charge is -2.13. The highest BCUT2D eigenvalue weighted by atomic mass is 79.9. The van der Waals surface area contributed by atoms with Crippen LogP contribution in [0.4, 0.5) is 0 Å². The maximum absolute atomic E-state index is 10.8. The second-order valence-corrected chi connectivity index (χ2v) is 6.67.